The second kappa shape index (κ2) is 4.68. The Kier molecular flexibility index (Phi) is 3.02. The van der Waals surface area contributed by atoms with Gasteiger partial charge in [0.25, 0.3) is 0 Å². The zero-order valence-corrected chi connectivity index (χ0v) is 13.3. The summed E-state index contributed by atoms with van der Waals surface area (Å²) in [5.41, 5.74) is 5.33. The lowest BCUT2D eigenvalue weighted by Gasteiger charge is -2.34. The molecule has 4 rings (SSSR count). The molecule has 0 saturated carbocycles. The van der Waals surface area contributed by atoms with Gasteiger partial charge in [-0.05, 0) is 60.9 Å². The first-order valence-electron chi connectivity index (χ1n) is 7.50. The minimum absolute atomic E-state index is 0.0130. The van der Waals surface area contributed by atoms with Gasteiger partial charge in [0.1, 0.15) is 0 Å². The van der Waals surface area contributed by atoms with E-state index in [1.54, 1.807) is 6.07 Å². The second-order valence-corrected chi connectivity index (χ2v) is 7.18. The van der Waals surface area contributed by atoms with Crippen molar-refractivity contribution in [1.29, 1.82) is 0 Å². The molecule has 0 bridgehead atoms. The highest BCUT2D eigenvalue weighted by Crippen LogP contribution is 2.51. The number of hydrogen-bond donors (Lipinski definition) is 1. The molecule has 1 heterocycles. The number of aromatic carboxylic acids is 1. The molecule has 4 heteroatoms. The van der Waals surface area contributed by atoms with Crippen molar-refractivity contribution >= 4 is 27.5 Å². The van der Waals surface area contributed by atoms with Crippen LogP contribution >= 0.6 is 15.9 Å². The molecule has 1 unspecified atom stereocenters. The molecule has 1 saturated heterocycles. The first-order valence-corrected chi connectivity index (χ1v) is 8.29. The Morgan fingerprint density at radius 2 is 2.19 bits per heavy atom. The summed E-state index contributed by atoms with van der Waals surface area (Å²) in [5, 5.41) is 9.42. The number of rotatable bonds is 1. The Morgan fingerprint density at radius 1 is 1.33 bits per heavy atom. The molecule has 1 aliphatic heterocycles. The van der Waals surface area contributed by atoms with Crippen molar-refractivity contribution in [3.63, 3.8) is 0 Å². The highest BCUT2D eigenvalue weighted by Gasteiger charge is 2.42. The van der Waals surface area contributed by atoms with E-state index in [-0.39, 0.29) is 5.60 Å². The summed E-state index contributed by atoms with van der Waals surface area (Å²) in [5.74, 6) is -0.828. The van der Waals surface area contributed by atoms with Crippen LogP contribution in [0, 0.1) is 0 Å². The molecular weight excluding hydrogens is 332 g/mol. The van der Waals surface area contributed by atoms with Gasteiger partial charge >= 0.3 is 5.97 Å². The van der Waals surface area contributed by atoms with Gasteiger partial charge in [0, 0.05) is 17.5 Å². The second-order valence-electron chi connectivity index (χ2n) is 6.32. The van der Waals surface area contributed by atoms with Crippen LogP contribution in [0.15, 0.2) is 22.2 Å². The molecule has 1 fully saturated rings. The Balaban J connectivity index is 1.80. The van der Waals surface area contributed by atoms with Crippen LogP contribution in [-0.2, 0) is 11.2 Å². The van der Waals surface area contributed by atoms with Crippen LogP contribution in [0.3, 0.4) is 0 Å². The van der Waals surface area contributed by atoms with E-state index in [9.17, 15) is 9.90 Å². The number of carboxylic acids is 1. The lowest BCUT2D eigenvalue weighted by Crippen LogP contribution is -2.30. The molecule has 1 aromatic carbocycles. The number of fused-ring (bicyclic) bond motifs is 2. The molecule has 21 heavy (non-hydrogen) atoms. The van der Waals surface area contributed by atoms with Crippen molar-refractivity contribution in [2.75, 3.05) is 6.61 Å². The van der Waals surface area contributed by atoms with Gasteiger partial charge in [-0.1, -0.05) is 21.5 Å². The van der Waals surface area contributed by atoms with Gasteiger partial charge in [-0.15, -0.1) is 0 Å². The number of hydrogen-bond acceptors (Lipinski definition) is 2. The number of carbonyl (C=O) groups is 1. The standard InChI is InChI=1S/C17H17BrO3/c18-14-3-2-11(16(19)20)12-8-10-4-6-17(5-1-7-21-17)9-13(10)15(12)14/h2-3H,1,4-9H2,(H,19,20). The van der Waals surface area contributed by atoms with Crippen molar-refractivity contribution in [3.05, 3.63) is 38.9 Å². The fraction of sp³-hybridized carbons (Fsp3) is 0.471. The van der Waals surface area contributed by atoms with Crippen LogP contribution in [0.1, 0.15) is 53.6 Å². The van der Waals surface area contributed by atoms with E-state index in [2.05, 4.69) is 15.9 Å². The van der Waals surface area contributed by atoms with Crippen LogP contribution in [-0.4, -0.2) is 23.3 Å². The monoisotopic (exact) mass is 348 g/mol. The Hall–Kier alpha value is -1.13. The number of allylic oxidation sites excluding steroid dienone is 1. The van der Waals surface area contributed by atoms with Crippen molar-refractivity contribution < 1.29 is 14.6 Å². The lowest BCUT2D eigenvalue weighted by molar-refractivity contribution is -0.00116. The Labute approximate surface area is 132 Å². The van der Waals surface area contributed by atoms with E-state index < -0.39 is 5.97 Å². The average molecular weight is 349 g/mol. The van der Waals surface area contributed by atoms with Crippen LogP contribution in [0.5, 0.6) is 0 Å². The van der Waals surface area contributed by atoms with Gasteiger partial charge in [-0.2, -0.15) is 0 Å². The SMILES string of the molecule is O=C(O)c1ccc(Br)c2c1CC1=C2CC2(CCCO2)CC1. The molecule has 110 valence electrons. The number of carboxylic acid groups (broad SMARTS) is 1. The smallest absolute Gasteiger partial charge is 0.335 e. The normalized spacial score (nSPS) is 27.1. The predicted octanol–water partition coefficient (Wildman–Crippen LogP) is 4.19. The maximum absolute atomic E-state index is 11.5. The molecule has 3 nitrogen and oxygen atoms in total. The van der Waals surface area contributed by atoms with E-state index in [4.69, 9.17) is 4.74 Å². The summed E-state index contributed by atoms with van der Waals surface area (Å²) in [7, 11) is 0. The molecule has 1 N–H and O–H groups in total. The van der Waals surface area contributed by atoms with E-state index in [1.165, 1.54) is 11.1 Å². The van der Waals surface area contributed by atoms with Gasteiger partial charge < -0.3 is 9.84 Å². The summed E-state index contributed by atoms with van der Waals surface area (Å²) in [6.07, 6.45) is 6.13. The average Bonchev–Trinajstić information content (AvgIpc) is 3.04. The first kappa shape index (κ1) is 13.5. The molecule has 0 amide bonds. The van der Waals surface area contributed by atoms with Gasteiger partial charge in [0.05, 0.1) is 11.2 Å². The topological polar surface area (TPSA) is 46.5 Å². The van der Waals surface area contributed by atoms with E-state index >= 15 is 0 Å². The predicted molar refractivity (Wildman–Crippen MR) is 83.5 cm³/mol. The third kappa shape index (κ3) is 2.00. The van der Waals surface area contributed by atoms with Gasteiger partial charge in [-0.3, -0.25) is 0 Å². The highest BCUT2D eigenvalue weighted by molar-refractivity contribution is 9.10. The maximum Gasteiger partial charge on any atom is 0.335 e. The maximum atomic E-state index is 11.5. The van der Waals surface area contributed by atoms with Crippen LogP contribution < -0.4 is 0 Å². The number of benzene rings is 1. The fourth-order valence-electron chi connectivity index (χ4n) is 4.16. The molecular formula is C17H17BrO3. The molecule has 1 atom stereocenters. The first-order chi connectivity index (χ1) is 10.1. The summed E-state index contributed by atoms with van der Waals surface area (Å²) >= 11 is 3.62. The van der Waals surface area contributed by atoms with Gasteiger partial charge in [-0.25, -0.2) is 4.79 Å². The molecule has 0 radical (unpaired) electrons. The largest absolute Gasteiger partial charge is 0.478 e. The molecule has 1 spiro atoms. The number of halogens is 1. The van der Waals surface area contributed by atoms with E-state index in [0.717, 1.165) is 60.7 Å². The van der Waals surface area contributed by atoms with Crippen molar-refractivity contribution in [2.24, 2.45) is 0 Å². The minimum atomic E-state index is -0.828. The zero-order chi connectivity index (χ0) is 14.6. The summed E-state index contributed by atoms with van der Waals surface area (Å²) in [6.45, 7) is 0.867. The highest BCUT2D eigenvalue weighted by atomic mass is 79.9. The van der Waals surface area contributed by atoms with E-state index in [0.29, 0.717) is 5.56 Å². The fourth-order valence-corrected chi connectivity index (χ4v) is 4.77. The van der Waals surface area contributed by atoms with Crippen LogP contribution in [0.4, 0.5) is 0 Å². The summed E-state index contributed by atoms with van der Waals surface area (Å²) < 4.78 is 7.07. The lowest BCUT2D eigenvalue weighted by atomic mass is 9.79. The van der Waals surface area contributed by atoms with Crippen molar-refractivity contribution in [2.45, 2.75) is 44.1 Å². The quantitative estimate of drug-likeness (QED) is 0.827. The van der Waals surface area contributed by atoms with Crippen LogP contribution in [0.25, 0.3) is 5.57 Å². The molecule has 2 aliphatic carbocycles. The minimum Gasteiger partial charge on any atom is -0.478 e. The van der Waals surface area contributed by atoms with E-state index in [1.807, 2.05) is 6.07 Å². The molecule has 1 aromatic rings. The summed E-state index contributed by atoms with van der Waals surface area (Å²) in [4.78, 5) is 11.5. The summed E-state index contributed by atoms with van der Waals surface area (Å²) in [6, 6.07) is 3.58. The van der Waals surface area contributed by atoms with Gasteiger partial charge in [0.2, 0.25) is 0 Å². The Morgan fingerprint density at radius 3 is 2.90 bits per heavy atom. The van der Waals surface area contributed by atoms with Crippen molar-refractivity contribution in [1.82, 2.24) is 0 Å². The van der Waals surface area contributed by atoms with Crippen LogP contribution in [0.2, 0.25) is 0 Å². The molecule has 3 aliphatic rings. The molecule has 0 aromatic heterocycles. The van der Waals surface area contributed by atoms with Crippen molar-refractivity contribution in [3.8, 4) is 0 Å². The number of ether oxygens (including phenoxy) is 1. The van der Waals surface area contributed by atoms with Gasteiger partial charge in [0.15, 0.2) is 0 Å². The third-order valence-corrected chi connectivity index (χ3v) is 5.84. The zero-order valence-electron chi connectivity index (χ0n) is 11.7. The third-order valence-electron chi connectivity index (χ3n) is 5.18. The Bertz CT molecular complexity index is 669.